The number of nitrogens with two attached hydrogens (primary N) is 1. The van der Waals surface area contributed by atoms with Crippen LogP contribution in [0.2, 0.25) is 0 Å². The Labute approximate surface area is 80.9 Å². The van der Waals surface area contributed by atoms with Crippen LogP contribution in [0.5, 0.6) is 0 Å². The normalized spacial score (nSPS) is 12.9. The molecule has 0 aliphatic heterocycles. The van der Waals surface area contributed by atoms with Crippen molar-refractivity contribution < 1.29 is 9.47 Å². The summed E-state index contributed by atoms with van der Waals surface area (Å²) in [6.07, 6.45) is 2.03. The number of rotatable bonds is 7. The summed E-state index contributed by atoms with van der Waals surface area (Å²) in [6.45, 7) is 4.18. The molecule has 0 saturated heterocycles. The van der Waals surface area contributed by atoms with E-state index in [1.165, 1.54) is 11.1 Å². The van der Waals surface area contributed by atoms with Crippen LogP contribution in [0.15, 0.2) is 11.1 Å². The van der Waals surface area contributed by atoms with E-state index in [1.807, 2.05) is 0 Å². The Morgan fingerprint density at radius 1 is 1.15 bits per heavy atom. The highest BCUT2D eigenvalue weighted by molar-refractivity contribution is 5.13. The van der Waals surface area contributed by atoms with Crippen LogP contribution < -0.4 is 5.73 Å². The van der Waals surface area contributed by atoms with Crippen LogP contribution in [-0.4, -0.2) is 34.0 Å². The molecular formula is C10H21NO2. The molecule has 0 spiro atoms. The molecule has 0 unspecified atom stereocenters. The highest BCUT2D eigenvalue weighted by Crippen LogP contribution is 2.11. The van der Waals surface area contributed by atoms with Gasteiger partial charge in [-0.3, -0.25) is 0 Å². The van der Waals surface area contributed by atoms with Crippen molar-refractivity contribution >= 4 is 0 Å². The largest absolute Gasteiger partial charge is 0.380 e. The molecule has 0 aromatic rings. The zero-order valence-corrected chi connectivity index (χ0v) is 8.93. The zero-order valence-electron chi connectivity index (χ0n) is 8.93. The molecule has 2 N–H and O–H groups in total. The van der Waals surface area contributed by atoms with E-state index in [0.29, 0.717) is 13.2 Å². The minimum Gasteiger partial charge on any atom is -0.380 e. The van der Waals surface area contributed by atoms with E-state index in [-0.39, 0.29) is 0 Å². The first-order chi connectivity index (χ1) is 6.26. The van der Waals surface area contributed by atoms with Gasteiger partial charge in [-0.05, 0) is 37.5 Å². The summed E-state index contributed by atoms with van der Waals surface area (Å²) >= 11 is 0. The molecule has 0 aromatic carbocycles. The van der Waals surface area contributed by atoms with E-state index in [0.717, 1.165) is 19.4 Å². The summed E-state index contributed by atoms with van der Waals surface area (Å²) in [5.41, 5.74) is 8.03. The fourth-order valence-electron chi connectivity index (χ4n) is 1.22. The molecule has 13 heavy (non-hydrogen) atoms. The first kappa shape index (κ1) is 12.6. The molecule has 0 rings (SSSR count). The van der Waals surface area contributed by atoms with Crippen LogP contribution in [0.1, 0.15) is 19.8 Å². The van der Waals surface area contributed by atoms with Crippen LogP contribution in [0, 0.1) is 0 Å². The second kappa shape index (κ2) is 8.23. The Morgan fingerprint density at radius 3 is 2.23 bits per heavy atom. The van der Waals surface area contributed by atoms with Crippen LogP contribution in [0.25, 0.3) is 0 Å². The molecule has 78 valence electrons. The topological polar surface area (TPSA) is 44.5 Å². The molecule has 0 fully saturated rings. The molecule has 3 heteroatoms. The van der Waals surface area contributed by atoms with E-state index >= 15 is 0 Å². The lowest BCUT2D eigenvalue weighted by atomic mass is 10.1. The average Bonchev–Trinajstić information content (AvgIpc) is 2.12. The third kappa shape index (κ3) is 5.80. The maximum absolute atomic E-state index is 5.45. The number of ether oxygens (including phenoxy) is 2. The number of hydrogen-bond donors (Lipinski definition) is 1. The monoisotopic (exact) mass is 187 g/mol. The smallest absolute Gasteiger partial charge is 0.0676 e. The molecule has 0 saturated carbocycles. The van der Waals surface area contributed by atoms with Crippen LogP contribution in [0.3, 0.4) is 0 Å². The minimum absolute atomic E-state index is 0.684. The predicted molar refractivity (Wildman–Crippen MR) is 54.7 cm³/mol. The Morgan fingerprint density at radius 2 is 1.77 bits per heavy atom. The summed E-state index contributed by atoms with van der Waals surface area (Å²) in [4.78, 5) is 0. The zero-order chi connectivity index (χ0) is 10.1. The summed E-state index contributed by atoms with van der Waals surface area (Å²) in [5, 5.41) is 0. The first-order valence-corrected chi connectivity index (χ1v) is 4.61. The Bertz CT molecular complexity index is 155. The molecule has 0 heterocycles. The van der Waals surface area contributed by atoms with Crippen molar-refractivity contribution in [3.63, 3.8) is 0 Å². The van der Waals surface area contributed by atoms with Crippen molar-refractivity contribution in [2.75, 3.05) is 34.0 Å². The van der Waals surface area contributed by atoms with Gasteiger partial charge >= 0.3 is 0 Å². The van der Waals surface area contributed by atoms with Crippen LogP contribution in [0.4, 0.5) is 0 Å². The Hall–Kier alpha value is -0.380. The summed E-state index contributed by atoms with van der Waals surface area (Å²) in [6, 6.07) is 0. The third-order valence-corrected chi connectivity index (χ3v) is 1.97. The van der Waals surface area contributed by atoms with Gasteiger partial charge in [0.2, 0.25) is 0 Å². The SMILES string of the molecule is COCC(C)=C(CCCN)COC. The highest BCUT2D eigenvalue weighted by Gasteiger charge is 2.01. The van der Waals surface area contributed by atoms with Gasteiger partial charge in [0.05, 0.1) is 13.2 Å². The van der Waals surface area contributed by atoms with E-state index in [9.17, 15) is 0 Å². The second-order valence-electron chi connectivity index (χ2n) is 3.14. The summed E-state index contributed by atoms with van der Waals surface area (Å²) in [5.74, 6) is 0. The van der Waals surface area contributed by atoms with Crippen molar-refractivity contribution in [3.8, 4) is 0 Å². The Kier molecular flexibility index (Phi) is 7.99. The predicted octanol–water partition coefficient (Wildman–Crippen LogP) is 1.33. The molecule has 0 radical (unpaired) electrons. The maximum Gasteiger partial charge on any atom is 0.0676 e. The van der Waals surface area contributed by atoms with Gasteiger partial charge in [0.15, 0.2) is 0 Å². The van der Waals surface area contributed by atoms with Crippen molar-refractivity contribution in [3.05, 3.63) is 11.1 Å². The Balaban J connectivity index is 4.10. The molecule has 0 bridgehead atoms. The summed E-state index contributed by atoms with van der Waals surface area (Å²) < 4.78 is 10.2. The third-order valence-electron chi connectivity index (χ3n) is 1.97. The minimum atomic E-state index is 0.684. The van der Waals surface area contributed by atoms with E-state index in [2.05, 4.69) is 6.92 Å². The fraction of sp³-hybridized carbons (Fsp3) is 0.800. The molecule has 3 nitrogen and oxygen atoms in total. The van der Waals surface area contributed by atoms with Gasteiger partial charge in [0, 0.05) is 14.2 Å². The maximum atomic E-state index is 5.45. The highest BCUT2D eigenvalue weighted by atomic mass is 16.5. The van der Waals surface area contributed by atoms with Gasteiger partial charge in [-0.15, -0.1) is 0 Å². The van der Waals surface area contributed by atoms with Gasteiger partial charge in [0.25, 0.3) is 0 Å². The molecule has 0 aliphatic rings. The standard InChI is InChI=1S/C10H21NO2/c1-9(7-12-2)10(8-13-3)5-4-6-11/h4-8,11H2,1-3H3. The molecule has 0 aliphatic carbocycles. The van der Waals surface area contributed by atoms with Crippen LogP contribution in [-0.2, 0) is 9.47 Å². The number of hydrogen-bond acceptors (Lipinski definition) is 3. The lowest BCUT2D eigenvalue weighted by molar-refractivity contribution is 0.209. The molecule has 0 amide bonds. The van der Waals surface area contributed by atoms with Gasteiger partial charge in [-0.25, -0.2) is 0 Å². The average molecular weight is 187 g/mol. The quantitative estimate of drug-likeness (QED) is 0.612. The number of methoxy groups -OCH3 is 2. The van der Waals surface area contributed by atoms with Gasteiger partial charge < -0.3 is 15.2 Å². The molecular weight excluding hydrogens is 166 g/mol. The lowest BCUT2D eigenvalue weighted by Gasteiger charge is -2.10. The lowest BCUT2D eigenvalue weighted by Crippen LogP contribution is -2.05. The van der Waals surface area contributed by atoms with Crippen molar-refractivity contribution in [2.45, 2.75) is 19.8 Å². The fourth-order valence-corrected chi connectivity index (χ4v) is 1.22. The van der Waals surface area contributed by atoms with E-state index < -0.39 is 0 Å². The van der Waals surface area contributed by atoms with Crippen molar-refractivity contribution in [1.29, 1.82) is 0 Å². The first-order valence-electron chi connectivity index (χ1n) is 4.61. The van der Waals surface area contributed by atoms with Crippen molar-refractivity contribution in [2.24, 2.45) is 5.73 Å². The van der Waals surface area contributed by atoms with E-state index in [4.69, 9.17) is 15.2 Å². The molecule has 0 aromatic heterocycles. The summed E-state index contributed by atoms with van der Waals surface area (Å²) in [7, 11) is 3.42. The van der Waals surface area contributed by atoms with Gasteiger partial charge in [-0.1, -0.05) is 0 Å². The second-order valence-corrected chi connectivity index (χ2v) is 3.14. The molecule has 0 atom stereocenters. The van der Waals surface area contributed by atoms with Crippen LogP contribution >= 0.6 is 0 Å². The van der Waals surface area contributed by atoms with Gasteiger partial charge in [-0.2, -0.15) is 0 Å². The van der Waals surface area contributed by atoms with E-state index in [1.54, 1.807) is 14.2 Å². The van der Waals surface area contributed by atoms with Gasteiger partial charge in [0.1, 0.15) is 0 Å². The van der Waals surface area contributed by atoms with Crippen molar-refractivity contribution in [1.82, 2.24) is 0 Å².